The molecule has 0 bridgehead atoms. The highest BCUT2D eigenvalue weighted by molar-refractivity contribution is 5.78. The minimum Gasteiger partial charge on any atom is -0.396 e. The molecule has 1 heterocycles. The van der Waals surface area contributed by atoms with Gasteiger partial charge in [-0.1, -0.05) is 12.1 Å². The molecule has 0 fully saturated rings. The van der Waals surface area contributed by atoms with Gasteiger partial charge in [0.25, 0.3) is 5.56 Å². The third-order valence-electron chi connectivity index (χ3n) is 2.74. The van der Waals surface area contributed by atoms with Crippen molar-refractivity contribution in [2.24, 2.45) is 0 Å². The van der Waals surface area contributed by atoms with Crippen LogP contribution >= 0.6 is 0 Å². The summed E-state index contributed by atoms with van der Waals surface area (Å²) in [6.45, 7) is 0.965. The minimum absolute atomic E-state index is 0.126. The molecule has 3 N–H and O–H groups in total. The van der Waals surface area contributed by atoms with Gasteiger partial charge < -0.3 is 10.4 Å². The molecule has 5 heteroatoms. The highest BCUT2D eigenvalue weighted by atomic mass is 16.2. The predicted molar refractivity (Wildman–Crippen MR) is 71.8 cm³/mol. The molecule has 0 aliphatic rings. The molecule has 0 aliphatic carbocycles. The zero-order chi connectivity index (χ0) is 12.8. The van der Waals surface area contributed by atoms with Crippen molar-refractivity contribution >= 4 is 16.9 Å². The van der Waals surface area contributed by atoms with Crippen LogP contribution < -0.4 is 10.9 Å². The van der Waals surface area contributed by atoms with Gasteiger partial charge in [0.05, 0.1) is 10.9 Å². The van der Waals surface area contributed by atoms with Gasteiger partial charge in [0.2, 0.25) is 5.95 Å². The topological polar surface area (TPSA) is 78.0 Å². The Labute approximate surface area is 105 Å². The molecular weight excluding hydrogens is 230 g/mol. The minimum atomic E-state index is -0.126. The molecule has 0 aliphatic heterocycles. The number of para-hydroxylation sites is 1. The lowest BCUT2D eigenvalue weighted by Gasteiger charge is -2.05. The summed E-state index contributed by atoms with van der Waals surface area (Å²) in [6.07, 6.45) is 2.71. The second kappa shape index (κ2) is 6.16. The fourth-order valence-corrected chi connectivity index (χ4v) is 1.79. The summed E-state index contributed by atoms with van der Waals surface area (Å²) in [5.41, 5.74) is 0.567. The number of nitrogens with one attached hydrogen (secondary N) is 2. The van der Waals surface area contributed by atoms with E-state index >= 15 is 0 Å². The number of H-pyrrole nitrogens is 1. The van der Waals surface area contributed by atoms with Gasteiger partial charge in [0, 0.05) is 13.2 Å². The van der Waals surface area contributed by atoms with Crippen molar-refractivity contribution in [2.75, 3.05) is 18.5 Å². The molecule has 0 saturated carbocycles. The Kier molecular flexibility index (Phi) is 4.30. The van der Waals surface area contributed by atoms with E-state index in [1.807, 2.05) is 18.2 Å². The van der Waals surface area contributed by atoms with Crippen molar-refractivity contribution in [3.63, 3.8) is 0 Å². The Morgan fingerprint density at radius 3 is 2.89 bits per heavy atom. The number of hydrogen-bond donors (Lipinski definition) is 3. The van der Waals surface area contributed by atoms with Crippen LogP contribution in [-0.4, -0.2) is 28.2 Å². The maximum Gasteiger partial charge on any atom is 0.260 e. The Balaban J connectivity index is 2.03. The van der Waals surface area contributed by atoms with Crippen LogP contribution in [0, 0.1) is 0 Å². The molecule has 0 spiro atoms. The summed E-state index contributed by atoms with van der Waals surface area (Å²) in [5.74, 6) is 0.502. The number of aliphatic hydroxyl groups excluding tert-OH is 1. The van der Waals surface area contributed by atoms with Crippen LogP contribution in [0.25, 0.3) is 10.9 Å². The fourth-order valence-electron chi connectivity index (χ4n) is 1.79. The summed E-state index contributed by atoms with van der Waals surface area (Å²) >= 11 is 0. The number of hydrogen-bond acceptors (Lipinski definition) is 4. The van der Waals surface area contributed by atoms with Gasteiger partial charge in [-0.05, 0) is 31.4 Å². The molecule has 1 aromatic heterocycles. The normalized spacial score (nSPS) is 10.7. The Morgan fingerprint density at radius 1 is 1.22 bits per heavy atom. The Hall–Kier alpha value is -1.88. The van der Waals surface area contributed by atoms with Crippen LogP contribution in [0.3, 0.4) is 0 Å². The Morgan fingerprint density at radius 2 is 2.06 bits per heavy atom. The zero-order valence-electron chi connectivity index (χ0n) is 10.1. The number of benzene rings is 1. The molecule has 96 valence electrons. The number of rotatable bonds is 6. The first-order valence-electron chi connectivity index (χ1n) is 6.15. The number of unbranched alkanes of at least 4 members (excludes halogenated alkanes) is 2. The fraction of sp³-hybridized carbons (Fsp3) is 0.385. The highest BCUT2D eigenvalue weighted by Crippen LogP contribution is 2.07. The first-order valence-corrected chi connectivity index (χ1v) is 6.15. The average molecular weight is 247 g/mol. The highest BCUT2D eigenvalue weighted by Gasteiger charge is 2.01. The van der Waals surface area contributed by atoms with Gasteiger partial charge in [-0.25, -0.2) is 4.98 Å². The summed E-state index contributed by atoms with van der Waals surface area (Å²) in [5, 5.41) is 12.3. The van der Waals surface area contributed by atoms with E-state index in [4.69, 9.17) is 5.11 Å². The van der Waals surface area contributed by atoms with E-state index in [-0.39, 0.29) is 12.2 Å². The molecule has 0 atom stereocenters. The standard InChI is InChI=1S/C13H17N3O2/c17-9-5-1-4-8-14-13-15-11-7-3-2-6-10(11)12(18)16-13/h2-3,6-7,17H,1,4-5,8-9H2,(H2,14,15,16,18). The summed E-state index contributed by atoms with van der Waals surface area (Å²) in [4.78, 5) is 18.8. The molecule has 0 unspecified atom stereocenters. The number of anilines is 1. The van der Waals surface area contributed by atoms with Crippen molar-refractivity contribution in [3.8, 4) is 0 Å². The zero-order valence-corrected chi connectivity index (χ0v) is 10.1. The molecule has 0 amide bonds. The van der Waals surface area contributed by atoms with Gasteiger partial charge in [0.1, 0.15) is 0 Å². The van der Waals surface area contributed by atoms with Crippen molar-refractivity contribution in [1.29, 1.82) is 0 Å². The number of nitrogens with zero attached hydrogens (tertiary/aromatic N) is 1. The largest absolute Gasteiger partial charge is 0.396 e. The van der Waals surface area contributed by atoms with E-state index in [2.05, 4.69) is 15.3 Å². The number of fused-ring (bicyclic) bond motifs is 1. The van der Waals surface area contributed by atoms with Crippen molar-refractivity contribution in [3.05, 3.63) is 34.6 Å². The van der Waals surface area contributed by atoms with Crippen LogP contribution in [0.15, 0.2) is 29.1 Å². The molecule has 5 nitrogen and oxygen atoms in total. The lowest BCUT2D eigenvalue weighted by atomic mass is 10.2. The van der Waals surface area contributed by atoms with Crippen molar-refractivity contribution < 1.29 is 5.11 Å². The monoisotopic (exact) mass is 247 g/mol. The van der Waals surface area contributed by atoms with Gasteiger partial charge in [-0.15, -0.1) is 0 Å². The third kappa shape index (κ3) is 3.07. The third-order valence-corrected chi connectivity index (χ3v) is 2.74. The summed E-state index contributed by atoms with van der Waals surface area (Å²) < 4.78 is 0. The van der Waals surface area contributed by atoms with Crippen LogP contribution in [0.5, 0.6) is 0 Å². The lowest BCUT2D eigenvalue weighted by molar-refractivity contribution is 0.283. The molecule has 2 aromatic rings. The SMILES string of the molecule is O=c1[nH]c(NCCCCCO)nc2ccccc12. The quantitative estimate of drug-likeness (QED) is 0.676. The smallest absolute Gasteiger partial charge is 0.260 e. The number of aromatic nitrogens is 2. The van der Waals surface area contributed by atoms with Gasteiger partial charge in [-0.3, -0.25) is 9.78 Å². The summed E-state index contributed by atoms with van der Waals surface area (Å²) in [6, 6.07) is 7.26. The molecule has 1 aromatic carbocycles. The van der Waals surface area contributed by atoms with E-state index < -0.39 is 0 Å². The maximum absolute atomic E-state index is 11.8. The maximum atomic E-state index is 11.8. The van der Waals surface area contributed by atoms with E-state index in [0.29, 0.717) is 16.9 Å². The summed E-state index contributed by atoms with van der Waals surface area (Å²) in [7, 11) is 0. The number of aromatic amines is 1. The molecule has 0 saturated heterocycles. The van der Waals surface area contributed by atoms with Crippen LogP contribution in [-0.2, 0) is 0 Å². The van der Waals surface area contributed by atoms with Crippen LogP contribution in [0.2, 0.25) is 0 Å². The molecule has 18 heavy (non-hydrogen) atoms. The first kappa shape index (κ1) is 12.6. The van der Waals surface area contributed by atoms with Gasteiger partial charge >= 0.3 is 0 Å². The first-order chi connectivity index (χ1) is 8.81. The van der Waals surface area contributed by atoms with E-state index in [1.54, 1.807) is 6.07 Å². The van der Waals surface area contributed by atoms with Gasteiger partial charge in [-0.2, -0.15) is 0 Å². The van der Waals surface area contributed by atoms with Crippen LogP contribution in [0.4, 0.5) is 5.95 Å². The number of aliphatic hydroxyl groups is 1. The van der Waals surface area contributed by atoms with Crippen LogP contribution in [0.1, 0.15) is 19.3 Å². The molecule has 0 radical (unpaired) electrons. The second-order valence-electron chi connectivity index (χ2n) is 4.14. The lowest BCUT2D eigenvalue weighted by Crippen LogP contribution is -2.13. The molecule has 2 rings (SSSR count). The van der Waals surface area contributed by atoms with Gasteiger partial charge in [0.15, 0.2) is 0 Å². The second-order valence-corrected chi connectivity index (χ2v) is 4.14. The van der Waals surface area contributed by atoms with Crippen molar-refractivity contribution in [1.82, 2.24) is 9.97 Å². The Bertz CT molecular complexity index is 565. The van der Waals surface area contributed by atoms with Crippen molar-refractivity contribution in [2.45, 2.75) is 19.3 Å². The predicted octanol–water partition coefficient (Wildman–Crippen LogP) is 1.50. The van der Waals surface area contributed by atoms with E-state index in [1.165, 1.54) is 0 Å². The average Bonchev–Trinajstić information content (AvgIpc) is 2.39. The van der Waals surface area contributed by atoms with E-state index in [9.17, 15) is 4.79 Å². The molecular formula is C13H17N3O2. The van der Waals surface area contributed by atoms with E-state index in [0.717, 1.165) is 25.8 Å².